The summed E-state index contributed by atoms with van der Waals surface area (Å²) in [5.74, 6) is 0. The number of nitrogens with zero attached hydrogens (tertiary/aromatic N) is 3. The molecule has 0 radical (unpaired) electrons. The van der Waals surface area contributed by atoms with Gasteiger partial charge in [0.05, 0.1) is 12.6 Å². The van der Waals surface area contributed by atoms with Crippen LogP contribution < -0.4 is 16.3 Å². The van der Waals surface area contributed by atoms with Crippen LogP contribution in [0, 0.1) is 0 Å². The van der Waals surface area contributed by atoms with E-state index in [1.54, 1.807) is 48.7 Å². The lowest BCUT2D eigenvalue weighted by molar-refractivity contribution is 0.249. The van der Waals surface area contributed by atoms with Gasteiger partial charge in [0.15, 0.2) is 5.65 Å². The van der Waals surface area contributed by atoms with Crippen LogP contribution in [0.25, 0.3) is 5.65 Å². The van der Waals surface area contributed by atoms with Gasteiger partial charge in [-0.2, -0.15) is 0 Å². The van der Waals surface area contributed by atoms with E-state index in [0.717, 1.165) is 11.1 Å². The molecule has 1 atom stereocenters. The standard InChI is InChI=1S/C22H19Cl2N5O2/c1-14(18-9-8-16(23)12-19(18)24)25-21(30)26-17-6-4-5-15(11-17)13-29-22(31)28-10-3-2-7-20(28)27-29/h2-12,14H,13H2,1H3,(H2,25,26,30). The van der Waals surface area contributed by atoms with Crippen molar-refractivity contribution in [1.29, 1.82) is 0 Å². The van der Waals surface area contributed by atoms with Gasteiger partial charge in [-0.3, -0.25) is 4.40 Å². The van der Waals surface area contributed by atoms with Crippen molar-refractivity contribution in [2.24, 2.45) is 0 Å². The third-order valence-corrected chi connectivity index (χ3v) is 5.34. The molecule has 2 aromatic heterocycles. The molecule has 7 nitrogen and oxygen atoms in total. The molecule has 31 heavy (non-hydrogen) atoms. The lowest BCUT2D eigenvalue weighted by Gasteiger charge is -2.17. The maximum Gasteiger partial charge on any atom is 0.350 e. The first-order valence-corrected chi connectivity index (χ1v) is 10.3. The molecule has 0 saturated heterocycles. The van der Waals surface area contributed by atoms with Crippen molar-refractivity contribution in [3.05, 3.63) is 98.5 Å². The third-order valence-electron chi connectivity index (χ3n) is 4.78. The highest BCUT2D eigenvalue weighted by atomic mass is 35.5. The van der Waals surface area contributed by atoms with Gasteiger partial charge in [0.1, 0.15) is 0 Å². The maximum atomic E-state index is 12.5. The number of aromatic nitrogens is 3. The number of nitrogens with one attached hydrogen (secondary N) is 2. The highest BCUT2D eigenvalue weighted by Crippen LogP contribution is 2.26. The number of urea groups is 1. The molecule has 0 fully saturated rings. The predicted octanol–water partition coefficient (Wildman–Crippen LogP) is 4.73. The first kappa shape index (κ1) is 21.0. The van der Waals surface area contributed by atoms with Crippen LogP contribution >= 0.6 is 23.2 Å². The molecular weight excluding hydrogens is 437 g/mol. The second-order valence-corrected chi connectivity index (χ2v) is 7.90. The maximum absolute atomic E-state index is 12.5. The van der Waals surface area contributed by atoms with Crippen LogP contribution in [-0.2, 0) is 6.54 Å². The Morgan fingerprint density at radius 2 is 1.94 bits per heavy atom. The van der Waals surface area contributed by atoms with Crippen molar-refractivity contribution in [1.82, 2.24) is 19.5 Å². The van der Waals surface area contributed by atoms with E-state index in [1.165, 1.54) is 9.08 Å². The van der Waals surface area contributed by atoms with Gasteiger partial charge in [0.2, 0.25) is 0 Å². The van der Waals surface area contributed by atoms with E-state index in [-0.39, 0.29) is 24.3 Å². The molecule has 0 aliphatic heterocycles. The molecule has 0 aliphatic carbocycles. The smallest absolute Gasteiger partial charge is 0.331 e. The number of carbonyl (C=O) groups excluding carboxylic acids is 1. The summed E-state index contributed by atoms with van der Waals surface area (Å²) in [4.78, 5) is 24.9. The molecule has 1 unspecified atom stereocenters. The Bertz CT molecular complexity index is 1310. The van der Waals surface area contributed by atoms with Crippen LogP contribution in [-0.4, -0.2) is 20.2 Å². The van der Waals surface area contributed by atoms with Crippen LogP contribution in [0.15, 0.2) is 71.7 Å². The zero-order valence-electron chi connectivity index (χ0n) is 16.5. The number of carbonyl (C=O) groups is 1. The lowest BCUT2D eigenvalue weighted by atomic mass is 10.1. The predicted molar refractivity (Wildman–Crippen MR) is 122 cm³/mol. The normalized spacial score (nSPS) is 12.0. The highest BCUT2D eigenvalue weighted by Gasteiger charge is 2.13. The first-order chi connectivity index (χ1) is 14.9. The molecule has 4 rings (SSSR count). The Balaban J connectivity index is 1.45. The summed E-state index contributed by atoms with van der Waals surface area (Å²) in [7, 11) is 0. The van der Waals surface area contributed by atoms with E-state index in [1.807, 2.05) is 25.1 Å². The van der Waals surface area contributed by atoms with Crippen LogP contribution in [0.4, 0.5) is 10.5 Å². The average Bonchev–Trinajstić information content (AvgIpc) is 3.03. The van der Waals surface area contributed by atoms with Crippen molar-refractivity contribution in [2.45, 2.75) is 19.5 Å². The van der Waals surface area contributed by atoms with Crippen molar-refractivity contribution >= 4 is 40.6 Å². The lowest BCUT2D eigenvalue weighted by Crippen LogP contribution is -2.31. The molecule has 0 saturated carbocycles. The Morgan fingerprint density at radius 1 is 1.10 bits per heavy atom. The molecule has 0 aliphatic rings. The zero-order chi connectivity index (χ0) is 22.0. The van der Waals surface area contributed by atoms with Crippen LogP contribution in [0.3, 0.4) is 0 Å². The number of hydrogen-bond donors (Lipinski definition) is 2. The summed E-state index contributed by atoms with van der Waals surface area (Å²) in [6.07, 6.45) is 1.68. The van der Waals surface area contributed by atoms with Crippen LogP contribution in [0.1, 0.15) is 24.1 Å². The van der Waals surface area contributed by atoms with Crippen molar-refractivity contribution in [2.75, 3.05) is 5.32 Å². The molecule has 158 valence electrons. The molecule has 0 spiro atoms. The molecule has 2 amide bonds. The van der Waals surface area contributed by atoms with Gasteiger partial charge in [-0.1, -0.05) is 47.5 Å². The quantitative estimate of drug-likeness (QED) is 0.456. The van der Waals surface area contributed by atoms with Gasteiger partial charge in [-0.25, -0.2) is 14.3 Å². The van der Waals surface area contributed by atoms with Gasteiger partial charge < -0.3 is 10.6 Å². The Hall–Kier alpha value is -3.29. The number of benzene rings is 2. The second kappa shape index (κ2) is 8.83. The summed E-state index contributed by atoms with van der Waals surface area (Å²) >= 11 is 12.1. The fraction of sp³-hybridized carbons (Fsp3) is 0.136. The minimum absolute atomic E-state index is 0.222. The van der Waals surface area contributed by atoms with E-state index in [0.29, 0.717) is 21.4 Å². The number of rotatable bonds is 5. The summed E-state index contributed by atoms with van der Waals surface area (Å²) in [6.45, 7) is 2.12. The minimum Gasteiger partial charge on any atom is -0.331 e. The molecular formula is C22H19Cl2N5O2. The zero-order valence-corrected chi connectivity index (χ0v) is 18.1. The molecule has 0 bridgehead atoms. The number of anilines is 1. The topological polar surface area (TPSA) is 80.4 Å². The average molecular weight is 456 g/mol. The van der Waals surface area contributed by atoms with Gasteiger partial charge in [-0.15, -0.1) is 5.10 Å². The van der Waals surface area contributed by atoms with E-state index in [9.17, 15) is 9.59 Å². The second-order valence-electron chi connectivity index (χ2n) is 7.06. The van der Waals surface area contributed by atoms with Gasteiger partial charge in [-0.05, 0) is 54.4 Å². The van der Waals surface area contributed by atoms with Gasteiger partial charge >= 0.3 is 11.7 Å². The molecule has 4 aromatic rings. The van der Waals surface area contributed by atoms with E-state index >= 15 is 0 Å². The SMILES string of the molecule is CC(NC(=O)Nc1cccc(Cn2nc3ccccn3c2=O)c1)c1ccc(Cl)cc1Cl. The summed E-state index contributed by atoms with van der Waals surface area (Å²) in [5.41, 5.74) is 2.55. The van der Waals surface area contributed by atoms with Crippen molar-refractivity contribution in [3.8, 4) is 0 Å². The van der Waals surface area contributed by atoms with Gasteiger partial charge in [0, 0.05) is 21.9 Å². The largest absolute Gasteiger partial charge is 0.350 e. The van der Waals surface area contributed by atoms with E-state index in [4.69, 9.17) is 23.2 Å². The van der Waals surface area contributed by atoms with Crippen molar-refractivity contribution < 1.29 is 4.79 Å². The van der Waals surface area contributed by atoms with E-state index < -0.39 is 0 Å². The number of pyridine rings is 1. The number of halogens is 2. The Kier molecular flexibility index (Phi) is 5.97. The van der Waals surface area contributed by atoms with Gasteiger partial charge in [0.25, 0.3) is 0 Å². The van der Waals surface area contributed by atoms with Crippen molar-refractivity contribution in [3.63, 3.8) is 0 Å². The minimum atomic E-state index is -0.374. The first-order valence-electron chi connectivity index (χ1n) is 9.56. The molecule has 2 aromatic carbocycles. The number of fused-ring (bicyclic) bond motifs is 1. The fourth-order valence-corrected chi connectivity index (χ4v) is 3.86. The molecule has 9 heteroatoms. The Labute approximate surface area is 188 Å². The van der Waals surface area contributed by atoms with Crippen LogP contribution in [0.5, 0.6) is 0 Å². The monoisotopic (exact) mass is 455 g/mol. The molecule has 2 N–H and O–H groups in total. The van der Waals surface area contributed by atoms with E-state index in [2.05, 4.69) is 15.7 Å². The molecule has 2 heterocycles. The Morgan fingerprint density at radius 3 is 2.71 bits per heavy atom. The fourth-order valence-electron chi connectivity index (χ4n) is 3.29. The number of hydrogen-bond acceptors (Lipinski definition) is 3. The third kappa shape index (κ3) is 4.73. The number of amides is 2. The summed E-state index contributed by atoms with van der Waals surface area (Å²) in [5, 5.41) is 11.0. The van der Waals surface area contributed by atoms with Crippen LogP contribution in [0.2, 0.25) is 10.0 Å². The highest BCUT2D eigenvalue weighted by molar-refractivity contribution is 6.35. The summed E-state index contributed by atoms with van der Waals surface area (Å²) in [6, 6.07) is 17.1. The summed E-state index contributed by atoms with van der Waals surface area (Å²) < 4.78 is 2.87.